The van der Waals surface area contributed by atoms with Crippen LogP contribution in [0.3, 0.4) is 0 Å². The second-order valence-electron chi connectivity index (χ2n) is 5.55. The highest BCUT2D eigenvalue weighted by Gasteiger charge is 2.25. The molecule has 108 valence electrons. The van der Waals surface area contributed by atoms with Gasteiger partial charge in [-0.05, 0) is 26.3 Å². The van der Waals surface area contributed by atoms with Crippen LogP contribution in [-0.4, -0.2) is 23.0 Å². The summed E-state index contributed by atoms with van der Waals surface area (Å²) < 4.78 is 0. The van der Waals surface area contributed by atoms with Crippen LogP contribution in [-0.2, 0) is 5.88 Å². The Labute approximate surface area is 126 Å². The van der Waals surface area contributed by atoms with Crippen LogP contribution in [0, 0.1) is 0 Å². The number of thiazole rings is 1. The number of aromatic nitrogens is 1. The molecule has 0 aromatic carbocycles. The molecular formula is C15H25ClN2S. The zero-order valence-corrected chi connectivity index (χ0v) is 13.6. The summed E-state index contributed by atoms with van der Waals surface area (Å²) in [6.45, 7) is 2.26. The van der Waals surface area contributed by atoms with Crippen LogP contribution in [0.4, 0.5) is 0 Å². The molecule has 0 spiro atoms. The van der Waals surface area contributed by atoms with Gasteiger partial charge in [0, 0.05) is 11.4 Å². The van der Waals surface area contributed by atoms with Crippen molar-refractivity contribution in [2.45, 2.75) is 69.8 Å². The molecule has 1 aliphatic rings. The molecule has 2 rings (SSSR count). The lowest BCUT2D eigenvalue weighted by Gasteiger charge is -2.33. The first-order chi connectivity index (χ1) is 9.26. The Kier molecular flexibility index (Phi) is 6.11. The normalized spacial score (nSPS) is 19.6. The Balaban J connectivity index is 2.06. The maximum atomic E-state index is 5.87. The predicted molar refractivity (Wildman–Crippen MR) is 84.0 cm³/mol. The summed E-state index contributed by atoms with van der Waals surface area (Å²) in [7, 11) is 2.28. The van der Waals surface area contributed by atoms with Gasteiger partial charge in [0.05, 0.1) is 17.6 Å². The van der Waals surface area contributed by atoms with Crippen LogP contribution in [0.25, 0.3) is 0 Å². The van der Waals surface area contributed by atoms with Crippen molar-refractivity contribution in [1.29, 1.82) is 0 Å². The first-order valence-electron chi connectivity index (χ1n) is 7.48. The highest BCUT2D eigenvalue weighted by atomic mass is 35.5. The third-order valence-electron chi connectivity index (χ3n) is 4.27. The molecule has 0 radical (unpaired) electrons. The zero-order chi connectivity index (χ0) is 13.7. The van der Waals surface area contributed by atoms with Crippen molar-refractivity contribution in [3.05, 3.63) is 16.1 Å². The molecule has 2 nitrogen and oxygen atoms in total. The lowest BCUT2D eigenvalue weighted by atomic mass is 10.0. The molecule has 0 aliphatic heterocycles. The van der Waals surface area contributed by atoms with Crippen LogP contribution >= 0.6 is 22.9 Å². The Hall–Kier alpha value is -0.120. The van der Waals surface area contributed by atoms with E-state index >= 15 is 0 Å². The molecule has 4 heteroatoms. The van der Waals surface area contributed by atoms with E-state index in [4.69, 9.17) is 11.6 Å². The highest BCUT2D eigenvalue weighted by molar-refractivity contribution is 7.09. The quantitative estimate of drug-likeness (QED) is 0.563. The Morgan fingerprint density at radius 1 is 1.37 bits per heavy atom. The first-order valence-corrected chi connectivity index (χ1v) is 8.89. The molecule has 1 heterocycles. The molecule has 19 heavy (non-hydrogen) atoms. The van der Waals surface area contributed by atoms with Gasteiger partial charge < -0.3 is 0 Å². The summed E-state index contributed by atoms with van der Waals surface area (Å²) in [5, 5.41) is 3.34. The second-order valence-corrected chi connectivity index (χ2v) is 6.70. The van der Waals surface area contributed by atoms with Crippen molar-refractivity contribution in [3.8, 4) is 0 Å². The molecule has 1 aromatic heterocycles. The molecule has 1 atom stereocenters. The van der Waals surface area contributed by atoms with E-state index in [1.807, 2.05) is 0 Å². The van der Waals surface area contributed by atoms with Crippen molar-refractivity contribution < 1.29 is 0 Å². The van der Waals surface area contributed by atoms with E-state index in [2.05, 4.69) is 29.2 Å². The molecule has 0 amide bonds. The summed E-state index contributed by atoms with van der Waals surface area (Å²) in [4.78, 5) is 7.26. The zero-order valence-electron chi connectivity index (χ0n) is 12.1. The first kappa shape index (κ1) is 15.3. The van der Waals surface area contributed by atoms with Crippen molar-refractivity contribution >= 4 is 22.9 Å². The molecule has 1 fully saturated rings. The molecule has 0 bridgehead atoms. The molecule has 0 saturated heterocycles. The van der Waals surface area contributed by atoms with E-state index in [1.165, 1.54) is 43.5 Å². The molecule has 1 unspecified atom stereocenters. The standard InChI is InChI=1S/C15H25ClN2S/c1-3-14(15-17-12(10-16)11-19-15)18(2)13-8-6-4-5-7-9-13/h11,13-14H,3-10H2,1-2H3. The van der Waals surface area contributed by atoms with Crippen LogP contribution in [0.5, 0.6) is 0 Å². The van der Waals surface area contributed by atoms with Crippen molar-refractivity contribution in [2.75, 3.05) is 7.05 Å². The smallest absolute Gasteiger partial charge is 0.110 e. The monoisotopic (exact) mass is 300 g/mol. The number of nitrogens with zero attached hydrogens (tertiary/aromatic N) is 2. The fraction of sp³-hybridized carbons (Fsp3) is 0.800. The SMILES string of the molecule is CCC(c1nc(CCl)cs1)N(C)C1CCCCCC1. The minimum atomic E-state index is 0.463. The summed E-state index contributed by atoms with van der Waals surface area (Å²) in [6.07, 6.45) is 9.42. The van der Waals surface area contributed by atoms with Crippen molar-refractivity contribution in [1.82, 2.24) is 9.88 Å². The summed E-state index contributed by atoms with van der Waals surface area (Å²) in [5.41, 5.74) is 1.02. The number of halogens is 1. The molecule has 1 aliphatic carbocycles. The van der Waals surface area contributed by atoms with Gasteiger partial charge >= 0.3 is 0 Å². The number of alkyl halides is 1. The Bertz CT molecular complexity index is 372. The number of hydrogen-bond donors (Lipinski definition) is 0. The maximum absolute atomic E-state index is 5.87. The topological polar surface area (TPSA) is 16.1 Å². The number of rotatable bonds is 5. The van der Waals surface area contributed by atoms with E-state index in [0.717, 1.165) is 18.2 Å². The highest BCUT2D eigenvalue weighted by Crippen LogP contribution is 2.32. The summed E-state index contributed by atoms with van der Waals surface area (Å²) in [6, 6.07) is 1.20. The molecule has 1 aromatic rings. The van der Waals surface area contributed by atoms with E-state index in [-0.39, 0.29) is 0 Å². The van der Waals surface area contributed by atoms with Crippen LogP contribution in [0.15, 0.2) is 5.38 Å². The van der Waals surface area contributed by atoms with Gasteiger partial charge in [0.15, 0.2) is 0 Å². The van der Waals surface area contributed by atoms with Crippen molar-refractivity contribution in [3.63, 3.8) is 0 Å². The van der Waals surface area contributed by atoms with Gasteiger partial charge in [-0.2, -0.15) is 0 Å². The van der Waals surface area contributed by atoms with E-state index in [0.29, 0.717) is 11.9 Å². The number of hydrogen-bond acceptors (Lipinski definition) is 3. The average molecular weight is 301 g/mol. The minimum Gasteiger partial charge on any atom is -0.294 e. The Morgan fingerprint density at radius 3 is 2.58 bits per heavy atom. The predicted octanol–water partition coefficient (Wildman–Crippen LogP) is 4.99. The van der Waals surface area contributed by atoms with E-state index in [9.17, 15) is 0 Å². The molecular weight excluding hydrogens is 276 g/mol. The van der Waals surface area contributed by atoms with Crippen LogP contribution in [0.1, 0.15) is 68.6 Å². The van der Waals surface area contributed by atoms with Gasteiger partial charge in [-0.3, -0.25) is 4.90 Å². The third kappa shape index (κ3) is 3.93. The third-order valence-corrected chi connectivity index (χ3v) is 5.54. The maximum Gasteiger partial charge on any atom is 0.110 e. The fourth-order valence-corrected chi connectivity index (χ4v) is 4.37. The van der Waals surface area contributed by atoms with Gasteiger partial charge in [-0.1, -0.05) is 32.6 Å². The second kappa shape index (κ2) is 7.61. The fourth-order valence-electron chi connectivity index (χ4n) is 3.09. The molecule has 0 N–H and O–H groups in total. The van der Waals surface area contributed by atoms with Gasteiger partial charge in [0.1, 0.15) is 5.01 Å². The van der Waals surface area contributed by atoms with Crippen LogP contribution in [0.2, 0.25) is 0 Å². The summed E-state index contributed by atoms with van der Waals surface area (Å²) >= 11 is 7.64. The van der Waals surface area contributed by atoms with Gasteiger partial charge in [0.25, 0.3) is 0 Å². The average Bonchev–Trinajstić information content (AvgIpc) is 2.73. The van der Waals surface area contributed by atoms with E-state index < -0.39 is 0 Å². The Morgan fingerprint density at radius 2 is 2.05 bits per heavy atom. The van der Waals surface area contributed by atoms with Crippen LogP contribution < -0.4 is 0 Å². The van der Waals surface area contributed by atoms with Gasteiger partial charge in [-0.25, -0.2) is 4.98 Å². The molecule has 1 saturated carbocycles. The largest absolute Gasteiger partial charge is 0.294 e. The minimum absolute atomic E-state index is 0.463. The lowest BCUT2D eigenvalue weighted by molar-refractivity contribution is 0.153. The lowest BCUT2D eigenvalue weighted by Crippen LogP contribution is -2.34. The summed E-state index contributed by atoms with van der Waals surface area (Å²) in [5.74, 6) is 0.528. The van der Waals surface area contributed by atoms with Crippen molar-refractivity contribution in [2.24, 2.45) is 0 Å². The van der Waals surface area contributed by atoms with E-state index in [1.54, 1.807) is 11.3 Å². The van der Waals surface area contributed by atoms with Gasteiger partial charge in [-0.15, -0.1) is 22.9 Å². The van der Waals surface area contributed by atoms with Gasteiger partial charge in [0.2, 0.25) is 0 Å².